The molecule has 0 bridgehead atoms. The zero-order valence-corrected chi connectivity index (χ0v) is 13.7. The summed E-state index contributed by atoms with van der Waals surface area (Å²) in [6.07, 6.45) is 0. The van der Waals surface area contributed by atoms with Crippen molar-refractivity contribution in [2.75, 3.05) is 19.6 Å². The van der Waals surface area contributed by atoms with Crippen molar-refractivity contribution in [3.8, 4) is 0 Å². The zero-order valence-electron chi connectivity index (χ0n) is 13.7. The Morgan fingerprint density at radius 2 is 1.70 bits per heavy atom. The summed E-state index contributed by atoms with van der Waals surface area (Å²) in [4.78, 5) is 14.7. The van der Waals surface area contributed by atoms with Crippen molar-refractivity contribution < 1.29 is 4.79 Å². The molecule has 0 aliphatic carbocycles. The number of carbonyl (C=O) groups excluding carboxylic acids is 1. The lowest BCUT2D eigenvalue weighted by atomic mass is 9.92. The first-order valence-electron chi connectivity index (χ1n) is 7.29. The second kappa shape index (κ2) is 6.40. The molecule has 0 fully saturated rings. The highest BCUT2D eigenvalue weighted by Crippen LogP contribution is 2.21. The summed E-state index contributed by atoms with van der Waals surface area (Å²) < 4.78 is 0. The molecule has 0 unspecified atom stereocenters. The number of hydrogen-bond acceptors (Lipinski definition) is 2. The molecule has 0 radical (unpaired) electrons. The van der Waals surface area contributed by atoms with Gasteiger partial charge >= 0.3 is 0 Å². The van der Waals surface area contributed by atoms with Gasteiger partial charge in [-0.3, -0.25) is 4.79 Å². The van der Waals surface area contributed by atoms with Crippen molar-refractivity contribution in [2.24, 2.45) is 11.1 Å². The first-order valence-corrected chi connectivity index (χ1v) is 7.29. The quantitative estimate of drug-likeness (QED) is 0.898. The molecule has 0 atom stereocenters. The Balaban J connectivity index is 3.09. The van der Waals surface area contributed by atoms with E-state index in [1.54, 1.807) is 0 Å². The third-order valence-corrected chi connectivity index (χ3v) is 3.73. The number of aryl methyl sites for hydroxylation is 3. The predicted molar refractivity (Wildman–Crippen MR) is 85.1 cm³/mol. The number of nitrogens with zero attached hydrogens (tertiary/aromatic N) is 1. The largest absolute Gasteiger partial charge is 0.338 e. The van der Waals surface area contributed by atoms with Crippen molar-refractivity contribution in [1.82, 2.24) is 4.90 Å². The van der Waals surface area contributed by atoms with Crippen LogP contribution in [0.5, 0.6) is 0 Å². The van der Waals surface area contributed by atoms with Gasteiger partial charge < -0.3 is 10.6 Å². The van der Waals surface area contributed by atoms with Gasteiger partial charge in [-0.15, -0.1) is 0 Å². The van der Waals surface area contributed by atoms with E-state index in [2.05, 4.69) is 32.9 Å². The van der Waals surface area contributed by atoms with Crippen LogP contribution in [0.1, 0.15) is 47.8 Å². The van der Waals surface area contributed by atoms with Gasteiger partial charge in [0.2, 0.25) is 0 Å². The Labute approximate surface area is 123 Å². The first kappa shape index (κ1) is 16.7. The molecule has 0 saturated carbocycles. The van der Waals surface area contributed by atoms with E-state index in [-0.39, 0.29) is 11.3 Å². The summed E-state index contributed by atoms with van der Waals surface area (Å²) >= 11 is 0. The van der Waals surface area contributed by atoms with Crippen LogP contribution in [0.2, 0.25) is 0 Å². The number of rotatable bonds is 5. The van der Waals surface area contributed by atoms with Gasteiger partial charge in [-0.2, -0.15) is 0 Å². The molecule has 1 aromatic carbocycles. The molecule has 1 rings (SSSR count). The number of amides is 1. The lowest BCUT2D eigenvalue weighted by molar-refractivity contribution is 0.0699. The van der Waals surface area contributed by atoms with E-state index >= 15 is 0 Å². The highest BCUT2D eigenvalue weighted by Gasteiger charge is 2.25. The molecule has 20 heavy (non-hydrogen) atoms. The summed E-state index contributed by atoms with van der Waals surface area (Å²) in [6, 6.07) is 4.14. The fourth-order valence-corrected chi connectivity index (χ4v) is 2.58. The predicted octanol–water partition coefficient (Wildman–Crippen LogP) is 3.06. The average Bonchev–Trinajstić information content (AvgIpc) is 2.34. The Morgan fingerprint density at radius 3 is 2.10 bits per heavy atom. The molecule has 112 valence electrons. The van der Waals surface area contributed by atoms with Crippen molar-refractivity contribution in [3.05, 3.63) is 34.4 Å². The molecule has 0 aromatic heterocycles. The van der Waals surface area contributed by atoms with Crippen LogP contribution >= 0.6 is 0 Å². The van der Waals surface area contributed by atoms with E-state index in [4.69, 9.17) is 5.73 Å². The van der Waals surface area contributed by atoms with Crippen LogP contribution in [0.15, 0.2) is 12.1 Å². The molecule has 0 heterocycles. The summed E-state index contributed by atoms with van der Waals surface area (Å²) in [5.41, 5.74) is 9.87. The maximum absolute atomic E-state index is 12.8. The van der Waals surface area contributed by atoms with E-state index < -0.39 is 0 Å². The van der Waals surface area contributed by atoms with E-state index in [1.807, 2.05) is 25.7 Å². The molecule has 3 nitrogen and oxygen atoms in total. The van der Waals surface area contributed by atoms with Crippen molar-refractivity contribution in [1.29, 1.82) is 0 Å². The highest BCUT2D eigenvalue weighted by atomic mass is 16.2. The molecule has 1 aromatic rings. The maximum atomic E-state index is 12.8. The van der Waals surface area contributed by atoms with Gasteiger partial charge in [-0.05, 0) is 50.8 Å². The molecular formula is C17H28N2O. The number of carbonyl (C=O) groups is 1. The zero-order chi connectivity index (χ0) is 15.5. The van der Waals surface area contributed by atoms with Crippen molar-refractivity contribution in [2.45, 2.75) is 41.5 Å². The summed E-state index contributed by atoms with van der Waals surface area (Å²) in [7, 11) is 0. The Kier molecular flexibility index (Phi) is 5.35. The Morgan fingerprint density at radius 1 is 1.20 bits per heavy atom. The molecule has 0 aliphatic heterocycles. The van der Waals surface area contributed by atoms with E-state index in [0.717, 1.165) is 16.7 Å². The first-order chi connectivity index (χ1) is 9.21. The lowest BCUT2D eigenvalue weighted by Crippen LogP contribution is -2.42. The monoisotopic (exact) mass is 276 g/mol. The molecule has 0 aliphatic rings. The SMILES string of the molecule is CCN(CC(C)(C)CN)C(=O)c1c(C)cc(C)cc1C. The van der Waals surface area contributed by atoms with Crippen LogP contribution in [-0.2, 0) is 0 Å². The topological polar surface area (TPSA) is 46.3 Å². The minimum Gasteiger partial charge on any atom is -0.338 e. The summed E-state index contributed by atoms with van der Waals surface area (Å²) in [5.74, 6) is 0.115. The lowest BCUT2D eigenvalue weighted by Gasteiger charge is -2.32. The highest BCUT2D eigenvalue weighted by molar-refractivity contribution is 5.97. The minimum atomic E-state index is -0.0574. The fourth-order valence-electron chi connectivity index (χ4n) is 2.58. The number of benzene rings is 1. The second-order valence-corrected chi connectivity index (χ2v) is 6.46. The van der Waals surface area contributed by atoms with Crippen LogP contribution in [0, 0.1) is 26.2 Å². The number of nitrogens with two attached hydrogens (primary N) is 1. The third-order valence-electron chi connectivity index (χ3n) is 3.73. The van der Waals surface area contributed by atoms with Gasteiger partial charge in [-0.25, -0.2) is 0 Å². The van der Waals surface area contributed by atoms with Gasteiger partial charge in [-0.1, -0.05) is 31.5 Å². The van der Waals surface area contributed by atoms with Crippen LogP contribution in [0.25, 0.3) is 0 Å². The molecule has 2 N–H and O–H groups in total. The maximum Gasteiger partial charge on any atom is 0.254 e. The Bertz CT molecular complexity index is 469. The van der Waals surface area contributed by atoms with Gasteiger partial charge in [0.25, 0.3) is 5.91 Å². The van der Waals surface area contributed by atoms with Crippen LogP contribution in [0.4, 0.5) is 0 Å². The van der Waals surface area contributed by atoms with E-state index in [1.165, 1.54) is 5.56 Å². The summed E-state index contributed by atoms with van der Waals surface area (Å²) in [5, 5.41) is 0. The number of hydrogen-bond donors (Lipinski definition) is 1. The van der Waals surface area contributed by atoms with Gasteiger partial charge in [0.05, 0.1) is 0 Å². The molecule has 3 heteroatoms. The normalized spacial score (nSPS) is 11.6. The van der Waals surface area contributed by atoms with Gasteiger partial charge in [0.15, 0.2) is 0 Å². The standard InChI is InChI=1S/C17H28N2O/c1-7-19(11-17(5,6)10-18)16(20)15-13(3)8-12(2)9-14(15)4/h8-9H,7,10-11,18H2,1-6H3. The average molecular weight is 276 g/mol. The fraction of sp³-hybridized carbons (Fsp3) is 0.588. The Hall–Kier alpha value is -1.35. The minimum absolute atomic E-state index is 0.0574. The summed E-state index contributed by atoms with van der Waals surface area (Å²) in [6.45, 7) is 14.2. The van der Waals surface area contributed by atoms with Crippen molar-refractivity contribution in [3.63, 3.8) is 0 Å². The van der Waals surface area contributed by atoms with Gasteiger partial charge in [0.1, 0.15) is 0 Å². The molecule has 0 saturated heterocycles. The van der Waals surface area contributed by atoms with E-state index in [9.17, 15) is 4.79 Å². The van der Waals surface area contributed by atoms with Crippen LogP contribution in [0.3, 0.4) is 0 Å². The van der Waals surface area contributed by atoms with Crippen LogP contribution < -0.4 is 5.73 Å². The van der Waals surface area contributed by atoms with Gasteiger partial charge in [0, 0.05) is 18.7 Å². The van der Waals surface area contributed by atoms with E-state index in [0.29, 0.717) is 19.6 Å². The third kappa shape index (κ3) is 3.83. The molecule has 0 spiro atoms. The molecule has 1 amide bonds. The van der Waals surface area contributed by atoms with Crippen molar-refractivity contribution >= 4 is 5.91 Å². The van der Waals surface area contributed by atoms with Crippen LogP contribution in [-0.4, -0.2) is 30.4 Å². The molecular weight excluding hydrogens is 248 g/mol. The second-order valence-electron chi connectivity index (χ2n) is 6.46. The smallest absolute Gasteiger partial charge is 0.254 e.